The monoisotopic (exact) mass is 268 g/mol. The van der Waals surface area contributed by atoms with Crippen molar-refractivity contribution in [3.8, 4) is 11.3 Å². The molecule has 0 bridgehead atoms. The first kappa shape index (κ1) is 12.4. The molecule has 2 aromatic rings. The van der Waals surface area contributed by atoms with Crippen LogP contribution in [0.25, 0.3) is 11.3 Å². The van der Waals surface area contributed by atoms with Gasteiger partial charge in [0.15, 0.2) is 5.82 Å². The van der Waals surface area contributed by atoms with Crippen molar-refractivity contribution in [3.05, 3.63) is 38.3 Å². The molecule has 0 spiro atoms. The molecule has 0 radical (unpaired) electrons. The maximum atomic E-state index is 13.7. The van der Waals surface area contributed by atoms with E-state index in [0.29, 0.717) is 11.1 Å². The number of halogens is 1. The zero-order valence-corrected chi connectivity index (χ0v) is 10.4. The Morgan fingerprint density at radius 1 is 1.56 bits per heavy atom. The predicted octanol–water partition coefficient (Wildman–Crippen LogP) is 1.73. The van der Waals surface area contributed by atoms with Gasteiger partial charge in [0.05, 0.1) is 19.0 Å². The topological polar surface area (TPSA) is 72.1 Å². The van der Waals surface area contributed by atoms with Crippen molar-refractivity contribution >= 4 is 17.3 Å². The maximum Gasteiger partial charge on any atom is 0.348 e. The SMILES string of the molecule is COC(=O)c1scc(C)c1-c1[nH]c(=O)ncc1F. The molecular formula is C11H9FN2O3S. The number of methoxy groups -OCH3 is 1. The number of nitrogens with zero attached hydrogens (tertiary/aromatic N) is 1. The zero-order valence-electron chi connectivity index (χ0n) is 9.61. The number of aryl methyl sites for hydroxylation is 1. The summed E-state index contributed by atoms with van der Waals surface area (Å²) >= 11 is 1.13. The van der Waals surface area contributed by atoms with E-state index in [-0.39, 0.29) is 10.6 Å². The molecule has 0 amide bonds. The van der Waals surface area contributed by atoms with Crippen LogP contribution in [0.4, 0.5) is 4.39 Å². The average Bonchev–Trinajstić information content (AvgIpc) is 2.73. The first-order chi connectivity index (χ1) is 8.54. The minimum absolute atomic E-state index is 0.0471. The fourth-order valence-corrected chi connectivity index (χ4v) is 2.53. The summed E-state index contributed by atoms with van der Waals surface area (Å²) < 4.78 is 18.3. The number of hydrogen-bond donors (Lipinski definition) is 1. The molecule has 0 atom stereocenters. The highest BCUT2D eigenvalue weighted by Gasteiger charge is 2.21. The summed E-state index contributed by atoms with van der Waals surface area (Å²) in [5, 5.41) is 1.69. The highest BCUT2D eigenvalue weighted by molar-refractivity contribution is 7.12. The van der Waals surface area contributed by atoms with E-state index in [1.807, 2.05) is 0 Å². The second-order valence-electron chi connectivity index (χ2n) is 3.53. The van der Waals surface area contributed by atoms with Gasteiger partial charge in [0.25, 0.3) is 0 Å². The van der Waals surface area contributed by atoms with Crippen LogP contribution in [0.15, 0.2) is 16.4 Å². The van der Waals surface area contributed by atoms with Gasteiger partial charge in [-0.15, -0.1) is 11.3 Å². The van der Waals surface area contributed by atoms with Gasteiger partial charge < -0.3 is 9.72 Å². The number of aromatic nitrogens is 2. The van der Waals surface area contributed by atoms with Crippen molar-refractivity contribution < 1.29 is 13.9 Å². The van der Waals surface area contributed by atoms with Crippen LogP contribution in [0.3, 0.4) is 0 Å². The molecule has 1 N–H and O–H groups in total. The lowest BCUT2D eigenvalue weighted by molar-refractivity contribution is 0.0607. The third-order valence-corrected chi connectivity index (χ3v) is 3.44. The van der Waals surface area contributed by atoms with Crippen molar-refractivity contribution in [2.45, 2.75) is 6.92 Å². The molecule has 2 rings (SSSR count). The van der Waals surface area contributed by atoms with Crippen molar-refractivity contribution in [2.75, 3.05) is 7.11 Å². The van der Waals surface area contributed by atoms with Gasteiger partial charge in [-0.25, -0.2) is 14.0 Å². The highest BCUT2D eigenvalue weighted by atomic mass is 32.1. The number of hydrogen-bond acceptors (Lipinski definition) is 5. The number of carbonyl (C=O) groups is 1. The quantitative estimate of drug-likeness (QED) is 0.842. The fourth-order valence-electron chi connectivity index (χ4n) is 1.56. The molecule has 0 aromatic carbocycles. The molecule has 0 fully saturated rings. The van der Waals surface area contributed by atoms with Gasteiger partial charge in [0.1, 0.15) is 4.88 Å². The predicted molar refractivity (Wildman–Crippen MR) is 64.2 cm³/mol. The van der Waals surface area contributed by atoms with Gasteiger partial charge in [0, 0.05) is 5.56 Å². The van der Waals surface area contributed by atoms with Crippen molar-refractivity contribution in [3.63, 3.8) is 0 Å². The van der Waals surface area contributed by atoms with Crippen LogP contribution in [0.2, 0.25) is 0 Å². The molecule has 0 aliphatic carbocycles. The van der Waals surface area contributed by atoms with Crippen molar-refractivity contribution in [1.82, 2.24) is 9.97 Å². The van der Waals surface area contributed by atoms with E-state index in [9.17, 15) is 14.0 Å². The number of aromatic amines is 1. The Hall–Kier alpha value is -2.02. The summed E-state index contributed by atoms with van der Waals surface area (Å²) in [6.45, 7) is 1.72. The second-order valence-corrected chi connectivity index (χ2v) is 4.41. The van der Waals surface area contributed by atoms with E-state index < -0.39 is 17.5 Å². The van der Waals surface area contributed by atoms with E-state index in [2.05, 4.69) is 14.7 Å². The molecule has 2 aromatic heterocycles. The van der Waals surface area contributed by atoms with Crippen LogP contribution in [0, 0.1) is 12.7 Å². The summed E-state index contributed by atoms with van der Waals surface area (Å²) in [7, 11) is 1.24. The molecule has 0 unspecified atom stereocenters. The largest absolute Gasteiger partial charge is 0.465 e. The zero-order chi connectivity index (χ0) is 13.3. The van der Waals surface area contributed by atoms with Crippen LogP contribution in [0.1, 0.15) is 15.2 Å². The van der Waals surface area contributed by atoms with Crippen molar-refractivity contribution in [1.29, 1.82) is 0 Å². The van der Waals surface area contributed by atoms with Crippen LogP contribution >= 0.6 is 11.3 Å². The first-order valence-corrected chi connectivity index (χ1v) is 5.84. The number of nitrogens with one attached hydrogen (secondary N) is 1. The Labute approximate surface area is 105 Å². The van der Waals surface area contributed by atoms with E-state index in [1.54, 1.807) is 12.3 Å². The average molecular weight is 268 g/mol. The van der Waals surface area contributed by atoms with Gasteiger partial charge in [-0.05, 0) is 17.9 Å². The normalized spacial score (nSPS) is 10.4. The van der Waals surface area contributed by atoms with Crippen molar-refractivity contribution in [2.24, 2.45) is 0 Å². The standard InChI is InChI=1S/C11H9FN2O3S/c1-5-4-18-9(10(15)17-2)7(5)8-6(12)3-13-11(16)14-8/h3-4H,1-2H3,(H,13,14,16). The minimum atomic E-state index is -0.693. The Morgan fingerprint density at radius 3 is 2.94 bits per heavy atom. The third-order valence-electron chi connectivity index (χ3n) is 2.36. The second kappa shape index (κ2) is 4.69. The molecule has 0 saturated heterocycles. The number of ether oxygens (including phenoxy) is 1. The Kier molecular flexibility index (Phi) is 3.24. The van der Waals surface area contributed by atoms with Crippen LogP contribution in [-0.2, 0) is 4.74 Å². The molecule has 18 heavy (non-hydrogen) atoms. The van der Waals surface area contributed by atoms with Gasteiger partial charge in [0.2, 0.25) is 0 Å². The number of H-pyrrole nitrogens is 1. The summed E-state index contributed by atoms with van der Waals surface area (Å²) in [6, 6.07) is 0. The fraction of sp³-hybridized carbons (Fsp3) is 0.182. The molecule has 2 heterocycles. The maximum absolute atomic E-state index is 13.7. The lowest BCUT2D eigenvalue weighted by Crippen LogP contribution is -2.13. The molecule has 0 aliphatic heterocycles. The van der Waals surface area contributed by atoms with Gasteiger partial charge in [-0.3, -0.25) is 0 Å². The Morgan fingerprint density at radius 2 is 2.28 bits per heavy atom. The third kappa shape index (κ3) is 2.04. The molecule has 7 heteroatoms. The number of thiophene rings is 1. The summed E-state index contributed by atoms with van der Waals surface area (Å²) in [4.78, 5) is 28.5. The van der Waals surface area contributed by atoms with E-state index >= 15 is 0 Å². The van der Waals surface area contributed by atoms with Gasteiger partial charge in [-0.1, -0.05) is 0 Å². The molecule has 0 saturated carbocycles. The Bertz CT molecular complexity index is 663. The smallest absolute Gasteiger partial charge is 0.348 e. The minimum Gasteiger partial charge on any atom is -0.465 e. The summed E-state index contributed by atoms with van der Waals surface area (Å²) in [5.41, 5.74) is 0.298. The number of esters is 1. The first-order valence-electron chi connectivity index (χ1n) is 4.96. The summed E-state index contributed by atoms with van der Waals surface area (Å²) in [6.07, 6.45) is 0.826. The number of rotatable bonds is 2. The summed E-state index contributed by atoms with van der Waals surface area (Å²) in [5.74, 6) is -1.26. The van der Waals surface area contributed by atoms with E-state index in [1.165, 1.54) is 7.11 Å². The highest BCUT2D eigenvalue weighted by Crippen LogP contribution is 2.32. The van der Waals surface area contributed by atoms with E-state index in [4.69, 9.17) is 0 Å². The number of carbonyl (C=O) groups excluding carboxylic acids is 1. The lowest BCUT2D eigenvalue weighted by atomic mass is 10.1. The lowest BCUT2D eigenvalue weighted by Gasteiger charge is -2.05. The Balaban J connectivity index is 2.70. The van der Waals surface area contributed by atoms with Crippen LogP contribution < -0.4 is 5.69 Å². The van der Waals surface area contributed by atoms with Gasteiger partial charge >= 0.3 is 11.7 Å². The molecule has 0 aliphatic rings. The van der Waals surface area contributed by atoms with Gasteiger partial charge in [-0.2, -0.15) is 4.98 Å². The van der Waals surface area contributed by atoms with E-state index in [0.717, 1.165) is 17.5 Å². The molecule has 5 nitrogen and oxygen atoms in total. The molecule has 94 valence electrons. The van der Waals surface area contributed by atoms with Crippen LogP contribution in [0.5, 0.6) is 0 Å². The van der Waals surface area contributed by atoms with Crippen LogP contribution in [-0.4, -0.2) is 23.0 Å². The molecular weight excluding hydrogens is 259 g/mol.